The normalized spacial score (nSPS) is 10.9. The molecule has 0 aliphatic heterocycles. The maximum Gasteiger partial charge on any atom is 0.256 e. The first-order chi connectivity index (χ1) is 13.6. The summed E-state index contributed by atoms with van der Waals surface area (Å²) >= 11 is 0. The first-order valence-electron chi connectivity index (χ1n) is 8.97. The zero-order valence-corrected chi connectivity index (χ0v) is 15.4. The third-order valence-electron chi connectivity index (χ3n) is 4.72. The van der Waals surface area contributed by atoms with E-state index >= 15 is 0 Å². The van der Waals surface area contributed by atoms with Crippen molar-refractivity contribution in [3.63, 3.8) is 0 Å². The van der Waals surface area contributed by atoms with Gasteiger partial charge in [0.15, 0.2) is 0 Å². The highest BCUT2D eigenvalue weighted by Crippen LogP contribution is 2.22. The Kier molecular flexibility index (Phi) is 4.85. The van der Waals surface area contributed by atoms with Gasteiger partial charge in [0.25, 0.3) is 5.91 Å². The predicted octanol–water partition coefficient (Wildman–Crippen LogP) is 4.25. The molecular weight excluding hydrogens is 355 g/mol. The second kappa shape index (κ2) is 7.60. The smallest absolute Gasteiger partial charge is 0.256 e. The van der Waals surface area contributed by atoms with Crippen molar-refractivity contribution >= 4 is 16.9 Å². The Labute approximate surface area is 161 Å². The van der Waals surface area contributed by atoms with Crippen molar-refractivity contribution in [2.75, 3.05) is 0 Å². The Morgan fingerprint density at radius 2 is 2.00 bits per heavy atom. The van der Waals surface area contributed by atoms with E-state index in [0.29, 0.717) is 24.1 Å². The van der Waals surface area contributed by atoms with E-state index in [1.165, 1.54) is 18.5 Å². The van der Waals surface area contributed by atoms with Crippen molar-refractivity contribution in [1.82, 2.24) is 19.9 Å². The number of rotatable bonds is 5. The summed E-state index contributed by atoms with van der Waals surface area (Å²) in [6.07, 6.45) is 4.89. The molecule has 2 heterocycles. The molecule has 0 saturated heterocycles. The summed E-state index contributed by atoms with van der Waals surface area (Å²) in [5, 5.41) is 0. The van der Waals surface area contributed by atoms with E-state index in [9.17, 15) is 9.18 Å². The van der Waals surface area contributed by atoms with Crippen LogP contribution in [-0.4, -0.2) is 25.8 Å². The minimum absolute atomic E-state index is 0.244. The maximum atomic E-state index is 14.1. The van der Waals surface area contributed by atoms with Crippen LogP contribution >= 0.6 is 0 Å². The number of nitrogens with one attached hydrogen (secondary N) is 1. The van der Waals surface area contributed by atoms with Crippen LogP contribution in [0.2, 0.25) is 0 Å². The molecule has 0 fully saturated rings. The number of carbonyl (C=O) groups is 1. The molecular formula is C22H19FN4O. The van der Waals surface area contributed by atoms with E-state index in [1.54, 1.807) is 17.3 Å². The number of hydrogen-bond donors (Lipinski definition) is 1. The highest BCUT2D eigenvalue weighted by molar-refractivity contribution is 6.04. The van der Waals surface area contributed by atoms with Gasteiger partial charge in [-0.2, -0.15) is 0 Å². The summed E-state index contributed by atoms with van der Waals surface area (Å²) < 4.78 is 14.1. The first kappa shape index (κ1) is 17.9. The van der Waals surface area contributed by atoms with Gasteiger partial charge in [-0.3, -0.25) is 9.78 Å². The lowest BCUT2D eigenvalue weighted by Crippen LogP contribution is -2.30. The summed E-state index contributed by atoms with van der Waals surface area (Å²) in [5.74, 6) is -0.749. The number of carbonyl (C=O) groups excluding carboxylic acids is 1. The quantitative estimate of drug-likeness (QED) is 0.568. The number of aromatic nitrogens is 3. The van der Waals surface area contributed by atoms with Crippen LogP contribution < -0.4 is 0 Å². The molecule has 2 aromatic heterocycles. The lowest BCUT2D eigenvalue weighted by Gasteiger charge is -2.24. The average Bonchev–Trinajstić information content (AvgIpc) is 3.17. The number of hydrogen-bond acceptors (Lipinski definition) is 3. The Bertz CT molecular complexity index is 1120. The van der Waals surface area contributed by atoms with E-state index in [-0.39, 0.29) is 11.5 Å². The van der Waals surface area contributed by atoms with Gasteiger partial charge in [-0.1, -0.05) is 30.3 Å². The van der Waals surface area contributed by atoms with Crippen LogP contribution in [0.15, 0.2) is 67.3 Å². The summed E-state index contributed by atoms with van der Waals surface area (Å²) in [4.78, 5) is 26.3. The second-order valence-electron chi connectivity index (χ2n) is 6.70. The van der Waals surface area contributed by atoms with Crippen molar-refractivity contribution in [2.24, 2.45) is 0 Å². The lowest BCUT2D eigenvalue weighted by atomic mass is 10.1. The molecule has 0 atom stereocenters. The zero-order valence-electron chi connectivity index (χ0n) is 15.4. The number of aryl methyl sites for hydroxylation is 1. The standard InChI is InChI=1S/C22H19FN4O/c1-15-5-2-3-7-17(15)13-27(12-16-6-4-8-24-11-16)22(28)19-9-18(23)10-20-21(19)26-14-25-20/h2-11,14H,12-13H2,1H3,(H,25,26). The van der Waals surface area contributed by atoms with E-state index in [1.807, 2.05) is 43.3 Å². The highest BCUT2D eigenvalue weighted by atomic mass is 19.1. The van der Waals surface area contributed by atoms with Crippen molar-refractivity contribution in [3.8, 4) is 0 Å². The van der Waals surface area contributed by atoms with Gasteiger partial charge >= 0.3 is 0 Å². The predicted molar refractivity (Wildman–Crippen MR) is 105 cm³/mol. The fraction of sp³-hybridized carbons (Fsp3) is 0.136. The van der Waals surface area contributed by atoms with Gasteiger partial charge in [0.05, 0.1) is 17.4 Å². The number of aromatic amines is 1. The molecule has 4 rings (SSSR count). The number of H-pyrrole nitrogens is 1. The van der Waals surface area contributed by atoms with Gasteiger partial charge in [-0.15, -0.1) is 0 Å². The van der Waals surface area contributed by atoms with Crippen LogP contribution in [0.25, 0.3) is 11.0 Å². The van der Waals surface area contributed by atoms with Gasteiger partial charge < -0.3 is 9.88 Å². The molecule has 1 N–H and O–H groups in total. The van der Waals surface area contributed by atoms with E-state index in [4.69, 9.17) is 0 Å². The number of fused-ring (bicyclic) bond motifs is 1. The molecule has 0 radical (unpaired) electrons. The van der Waals surface area contributed by atoms with Gasteiger partial charge in [-0.05, 0) is 41.8 Å². The number of amides is 1. The summed E-state index contributed by atoms with van der Waals surface area (Å²) in [6, 6.07) is 14.3. The van der Waals surface area contributed by atoms with Crippen molar-refractivity contribution in [3.05, 3.63) is 95.3 Å². The minimum atomic E-state index is -0.475. The Morgan fingerprint density at radius 3 is 2.79 bits per heavy atom. The Morgan fingerprint density at radius 1 is 1.14 bits per heavy atom. The largest absolute Gasteiger partial charge is 0.344 e. The molecule has 0 unspecified atom stereocenters. The van der Waals surface area contributed by atoms with Gasteiger partial charge in [0.2, 0.25) is 0 Å². The Balaban J connectivity index is 1.74. The third-order valence-corrected chi connectivity index (χ3v) is 4.72. The molecule has 28 heavy (non-hydrogen) atoms. The number of halogens is 1. The molecule has 2 aromatic carbocycles. The van der Waals surface area contributed by atoms with Crippen LogP contribution in [0.3, 0.4) is 0 Å². The lowest BCUT2D eigenvalue weighted by molar-refractivity contribution is 0.0731. The zero-order chi connectivity index (χ0) is 19.5. The summed E-state index contributed by atoms with van der Waals surface area (Å²) in [7, 11) is 0. The summed E-state index contributed by atoms with van der Waals surface area (Å²) in [6.45, 7) is 2.78. The molecule has 1 amide bonds. The Hall–Kier alpha value is -3.54. The topological polar surface area (TPSA) is 61.9 Å². The number of nitrogens with zero attached hydrogens (tertiary/aromatic N) is 3. The maximum absolute atomic E-state index is 14.1. The van der Waals surface area contributed by atoms with Crippen LogP contribution in [0.5, 0.6) is 0 Å². The molecule has 140 valence electrons. The SMILES string of the molecule is Cc1ccccc1CN(Cc1cccnc1)C(=O)c1cc(F)cc2[nH]cnc12. The highest BCUT2D eigenvalue weighted by Gasteiger charge is 2.22. The van der Waals surface area contributed by atoms with Crippen molar-refractivity contribution < 1.29 is 9.18 Å². The fourth-order valence-electron chi connectivity index (χ4n) is 3.25. The fourth-order valence-corrected chi connectivity index (χ4v) is 3.25. The van der Waals surface area contributed by atoms with Crippen LogP contribution in [-0.2, 0) is 13.1 Å². The molecule has 0 saturated carbocycles. The van der Waals surface area contributed by atoms with Crippen molar-refractivity contribution in [2.45, 2.75) is 20.0 Å². The third kappa shape index (κ3) is 3.62. The molecule has 0 spiro atoms. The van der Waals surface area contributed by atoms with Crippen molar-refractivity contribution in [1.29, 1.82) is 0 Å². The van der Waals surface area contributed by atoms with Crippen LogP contribution in [0.1, 0.15) is 27.0 Å². The molecule has 0 aliphatic carbocycles. The van der Waals surface area contributed by atoms with E-state index < -0.39 is 5.82 Å². The molecule has 4 aromatic rings. The molecule has 0 aliphatic rings. The molecule has 6 heteroatoms. The summed E-state index contributed by atoms with van der Waals surface area (Å²) in [5.41, 5.74) is 4.24. The van der Waals surface area contributed by atoms with E-state index in [2.05, 4.69) is 15.0 Å². The van der Waals surface area contributed by atoms with Crippen LogP contribution in [0.4, 0.5) is 4.39 Å². The van der Waals surface area contributed by atoms with Crippen LogP contribution in [0, 0.1) is 12.7 Å². The second-order valence-corrected chi connectivity index (χ2v) is 6.70. The van der Waals surface area contributed by atoms with Gasteiger partial charge in [0.1, 0.15) is 11.3 Å². The monoisotopic (exact) mass is 374 g/mol. The molecule has 0 bridgehead atoms. The number of imidazole rings is 1. The first-order valence-corrected chi connectivity index (χ1v) is 8.97. The minimum Gasteiger partial charge on any atom is -0.344 e. The van der Waals surface area contributed by atoms with E-state index in [0.717, 1.165) is 16.7 Å². The number of benzene rings is 2. The molecule has 5 nitrogen and oxygen atoms in total. The average molecular weight is 374 g/mol. The van der Waals surface area contributed by atoms with Gasteiger partial charge in [0, 0.05) is 25.5 Å². The van der Waals surface area contributed by atoms with Gasteiger partial charge in [-0.25, -0.2) is 9.37 Å². The number of pyridine rings is 1.